The maximum atomic E-state index is 13.2. The third-order valence-electron chi connectivity index (χ3n) is 2.46. The first-order valence-electron chi connectivity index (χ1n) is 5.13. The molecule has 0 atom stereocenters. The number of aromatic nitrogens is 2. The molecular weight excluding hydrogens is 205 g/mol. The molecule has 3 nitrogen and oxygen atoms in total. The second kappa shape index (κ2) is 4.45. The van der Waals surface area contributed by atoms with E-state index in [0.717, 1.165) is 16.7 Å². The number of hydrogen-bond acceptors (Lipinski definition) is 2. The largest absolute Gasteiger partial charge is 0.316 e. The molecule has 0 saturated carbocycles. The average Bonchev–Trinajstić information content (AvgIpc) is 2.68. The minimum Gasteiger partial charge on any atom is -0.316 e. The SMILES string of the molecule is CNCc1ccc(F)cc1-c1cnn(C)c1. The number of aryl methyl sites for hydroxylation is 1. The van der Waals surface area contributed by atoms with Crippen LogP contribution in [0.5, 0.6) is 0 Å². The molecule has 4 heteroatoms. The van der Waals surface area contributed by atoms with Crippen molar-refractivity contribution in [1.29, 1.82) is 0 Å². The Kier molecular flexibility index (Phi) is 3.01. The summed E-state index contributed by atoms with van der Waals surface area (Å²) in [5, 5.41) is 7.17. The summed E-state index contributed by atoms with van der Waals surface area (Å²) < 4.78 is 14.9. The van der Waals surface area contributed by atoms with E-state index in [1.54, 1.807) is 23.0 Å². The molecule has 1 aromatic heterocycles. The van der Waals surface area contributed by atoms with Crippen molar-refractivity contribution >= 4 is 0 Å². The van der Waals surface area contributed by atoms with Gasteiger partial charge in [0, 0.05) is 25.4 Å². The summed E-state index contributed by atoms with van der Waals surface area (Å²) in [6.07, 6.45) is 3.63. The van der Waals surface area contributed by atoms with Gasteiger partial charge in [0.05, 0.1) is 6.20 Å². The Labute approximate surface area is 93.9 Å². The van der Waals surface area contributed by atoms with E-state index in [4.69, 9.17) is 0 Å². The van der Waals surface area contributed by atoms with Crippen LogP contribution in [-0.4, -0.2) is 16.8 Å². The van der Waals surface area contributed by atoms with Crippen LogP contribution in [0, 0.1) is 5.82 Å². The number of nitrogens with zero attached hydrogens (tertiary/aromatic N) is 2. The first-order valence-corrected chi connectivity index (χ1v) is 5.13. The summed E-state index contributed by atoms with van der Waals surface area (Å²) in [6, 6.07) is 4.82. The predicted octanol–water partition coefficient (Wildman–Crippen LogP) is 1.95. The zero-order chi connectivity index (χ0) is 11.5. The van der Waals surface area contributed by atoms with Crippen molar-refractivity contribution in [2.75, 3.05) is 7.05 Å². The Morgan fingerprint density at radius 1 is 1.44 bits per heavy atom. The van der Waals surface area contributed by atoms with Crippen LogP contribution < -0.4 is 5.32 Å². The van der Waals surface area contributed by atoms with Gasteiger partial charge in [-0.05, 0) is 30.3 Å². The Balaban J connectivity index is 2.48. The lowest BCUT2D eigenvalue weighted by molar-refractivity contribution is 0.627. The molecule has 0 aliphatic carbocycles. The fourth-order valence-corrected chi connectivity index (χ4v) is 1.72. The predicted molar refractivity (Wildman–Crippen MR) is 61.4 cm³/mol. The lowest BCUT2D eigenvalue weighted by Gasteiger charge is -2.07. The van der Waals surface area contributed by atoms with Crippen LogP contribution in [0.2, 0.25) is 0 Å². The summed E-state index contributed by atoms with van der Waals surface area (Å²) in [5.41, 5.74) is 2.90. The van der Waals surface area contributed by atoms with Crippen LogP contribution in [-0.2, 0) is 13.6 Å². The van der Waals surface area contributed by atoms with E-state index in [1.807, 2.05) is 20.3 Å². The first kappa shape index (κ1) is 10.8. The molecule has 0 aliphatic heterocycles. The molecule has 0 radical (unpaired) electrons. The van der Waals surface area contributed by atoms with Crippen LogP contribution in [0.1, 0.15) is 5.56 Å². The van der Waals surface area contributed by atoms with Crippen molar-refractivity contribution in [3.8, 4) is 11.1 Å². The van der Waals surface area contributed by atoms with Gasteiger partial charge in [0.1, 0.15) is 5.82 Å². The fraction of sp³-hybridized carbons (Fsp3) is 0.250. The van der Waals surface area contributed by atoms with Gasteiger partial charge in [-0.3, -0.25) is 4.68 Å². The molecule has 2 aromatic rings. The number of benzene rings is 1. The summed E-state index contributed by atoms with van der Waals surface area (Å²) in [7, 11) is 3.72. The molecule has 1 aromatic carbocycles. The molecule has 1 heterocycles. The maximum Gasteiger partial charge on any atom is 0.123 e. The minimum atomic E-state index is -0.223. The average molecular weight is 219 g/mol. The molecule has 0 spiro atoms. The summed E-state index contributed by atoms with van der Waals surface area (Å²) in [6.45, 7) is 0.713. The molecule has 0 saturated heterocycles. The van der Waals surface area contributed by atoms with E-state index < -0.39 is 0 Å². The van der Waals surface area contributed by atoms with Gasteiger partial charge in [-0.2, -0.15) is 5.10 Å². The van der Waals surface area contributed by atoms with Crippen molar-refractivity contribution in [2.45, 2.75) is 6.54 Å². The molecule has 0 bridgehead atoms. The number of halogens is 1. The van der Waals surface area contributed by atoms with E-state index >= 15 is 0 Å². The number of nitrogens with one attached hydrogen (secondary N) is 1. The Hall–Kier alpha value is -1.68. The van der Waals surface area contributed by atoms with Crippen molar-refractivity contribution in [2.24, 2.45) is 7.05 Å². The van der Waals surface area contributed by atoms with Gasteiger partial charge in [-0.15, -0.1) is 0 Å². The number of rotatable bonds is 3. The van der Waals surface area contributed by atoms with E-state index in [9.17, 15) is 4.39 Å². The molecule has 0 unspecified atom stereocenters. The van der Waals surface area contributed by atoms with E-state index in [0.29, 0.717) is 6.54 Å². The highest BCUT2D eigenvalue weighted by molar-refractivity contribution is 5.66. The van der Waals surface area contributed by atoms with Crippen molar-refractivity contribution < 1.29 is 4.39 Å². The second-order valence-electron chi connectivity index (χ2n) is 3.73. The van der Waals surface area contributed by atoms with Gasteiger partial charge < -0.3 is 5.32 Å². The van der Waals surface area contributed by atoms with Gasteiger partial charge in [0.25, 0.3) is 0 Å². The lowest BCUT2D eigenvalue weighted by atomic mass is 10.0. The van der Waals surface area contributed by atoms with Gasteiger partial charge in [-0.1, -0.05) is 6.07 Å². The normalized spacial score (nSPS) is 10.7. The monoisotopic (exact) mass is 219 g/mol. The van der Waals surface area contributed by atoms with Gasteiger partial charge in [0.2, 0.25) is 0 Å². The molecular formula is C12H14FN3. The van der Waals surface area contributed by atoms with Gasteiger partial charge >= 0.3 is 0 Å². The summed E-state index contributed by atoms with van der Waals surface area (Å²) in [4.78, 5) is 0. The van der Waals surface area contributed by atoms with Crippen LogP contribution in [0.4, 0.5) is 4.39 Å². The van der Waals surface area contributed by atoms with E-state index in [-0.39, 0.29) is 5.82 Å². The smallest absolute Gasteiger partial charge is 0.123 e. The topological polar surface area (TPSA) is 29.9 Å². The van der Waals surface area contributed by atoms with E-state index in [1.165, 1.54) is 6.07 Å². The Morgan fingerprint density at radius 3 is 2.88 bits per heavy atom. The zero-order valence-electron chi connectivity index (χ0n) is 9.37. The summed E-state index contributed by atoms with van der Waals surface area (Å²) in [5.74, 6) is -0.223. The van der Waals surface area contributed by atoms with Crippen molar-refractivity contribution in [3.05, 3.63) is 42.0 Å². The van der Waals surface area contributed by atoms with Crippen molar-refractivity contribution in [1.82, 2.24) is 15.1 Å². The van der Waals surface area contributed by atoms with E-state index in [2.05, 4.69) is 10.4 Å². The standard InChI is InChI=1S/C12H14FN3/c1-14-6-9-3-4-11(13)5-12(9)10-7-15-16(2)8-10/h3-5,7-8,14H,6H2,1-2H3. The Bertz CT molecular complexity index is 491. The van der Waals surface area contributed by atoms with Crippen LogP contribution >= 0.6 is 0 Å². The zero-order valence-corrected chi connectivity index (χ0v) is 9.37. The molecule has 84 valence electrons. The minimum absolute atomic E-state index is 0.223. The van der Waals surface area contributed by atoms with Crippen LogP contribution in [0.15, 0.2) is 30.6 Å². The highest BCUT2D eigenvalue weighted by Crippen LogP contribution is 2.24. The quantitative estimate of drug-likeness (QED) is 0.855. The third kappa shape index (κ3) is 2.12. The van der Waals surface area contributed by atoms with Crippen LogP contribution in [0.25, 0.3) is 11.1 Å². The highest BCUT2D eigenvalue weighted by Gasteiger charge is 2.07. The Morgan fingerprint density at radius 2 is 2.25 bits per heavy atom. The molecule has 0 fully saturated rings. The molecule has 16 heavy (non-hydrogen) atoms. The molecule has 0 aliphatic rings. The molecule has 0 amide bonds. The fourth-order valence-electron chi connectivity index (χ4n) is 1.72. The van der Waals surface area contributed by atoms with Crippen molar-refractivity contribution in [3.63, 3.8) is 0 Å². The second-order valence-corrected chi connectivity index (χ2v) is 3.73. The maximum absolute atomic E-state index is 13.2. The third-order valence-corrected chi connectivity index (χ3v) is 2.46. The highest BCUT2D eigenvalue weighted by atomic mass is 19.1. The molecule has 1 N–H and O–H groups in total. The number of hydrogen-bond donors (Lipinski definition) is 1. The van der Waals surface area contributed by atoms with Gasteiger partial charge in [-0.25, -0.2) is 4.39 Å². The summed E-state index contributed by atoms with van der Waals surface area (Å²) >= 11 is 0. The first-order chi connectivity index (χ1) is 7.70. The molecule has 2 rings (SSSR count). The lowest BCUT2D eigenvalue weighted by Crippen LogP contribution is -2.06. The van der Waals surface area contributed by atoms with Crippen LogP contribution in [0.3, 0.4) is 0 Å². The van der Waals surface area contributed by atoms with Gasteiger partial charge in [0.15, 0.2) is 0 Å².